The van der Waals surface area contributed by atoms with Crippen molar-refractivity contribution in [3.63, 3.8) is 0 Å². The highest BCUT2D eigenvalue weighted by atomic mass is 16.3. The molecule has 0 aliphatic heterocycles. The fourth-order valence-corrected chi connectivity index (χ4v) is 1.12. The van der Waals surface area contributed by atoms with Crippen molar-refractivity contribution in [1.29, 1.82) is 0 Å². The Hall–Kier alpha value is -1.69. The van der Waals surface area contributed by atoms with E-state index in [0.717, 1.165) is 11.5 Å². The summed E-state index contributed by atoms with van der Waals surface area (Å²) in [7, 11) is 0. The number of aliphatic hydroxyl groups is 1. The number of aryl methyl sites for hydroxylation is 1. The molecule has 6 heteroatoms. The molecule has 0 bridgehead atoms. The highest BCUT2D eigenvalue weighted by Crippen LogP contribution is 2.06. The molecule has 0 atom stereocenters. The zero-order valence-electron chi connectivity index (χ0n) is 7.71. The van der Waals surface area contributed by atoms with E-state index in [-0.39, 0.29) is 6.61 Å². The van der Waals surface area contributed by atoms with Crippen molar-refractivity contribution >= 4 is 0 Å². The van der Waals surface area contributed by atoms with Crippen LogP contribution < -0.4 is 0 Å². The van der Waals surface area contributed by atoms with Gasteiger partial charge in [-0.1, -0.05) is 5.21 Å². The second-order valence-electron chi connectivity index (χ2n) is 2.92. The van der Waals surface area contributed by atoms with Gasteiger partial charge in [-0.3, -0.25) is 0 Å². The minimum atomic E-state index is -0.0994. The lowest BCUT2D eigenvalue weighted by molar-refractivity contribution is 0.276. The van der Waals surface area contributed by atoms with Gasteiger partial charge in [-0.15, -0.1) is 5.10 Å². The first-order chi connectivity index (χ1) is 6.79. The Kier molecular flexibility index (Phi) is 2.28. The average Bonchev–Trinajstić information content (AvgIpc) is 2.77. The van der Waals surface area contributed by atoms with Gasteiger partial charge in [-0.25, -0.2) is 9.67 Å². The van der Waals surface area contributed by atoms with Crippen molar-refractivity contribution in [2.24, 2.45) is 0 Å². The maximum absolute atomic E-state index is 8.78. The lowest BCUT2D eigenvalue weighted by Crippen LogP contribution is -2.01. The van der Waals surface area contributed by atoms with Gasteiger partial charge >= 0.3 is 0 Å². The molecule has 0 aliphatic rings. The Morgan fingerprint density at radius 3 is 3.00 bits per heavy atom. The number of oxazole rings is 1. The topological polar surface area (TPSA) is 77.0 Å². The van der Waals surface area contributed by atoms with E-state index in [9.17, 15) is 0 Å². The van der Waals surface area contributed by atoms with E-state index in [1.807, 2.05) is 6.92 Å². The van der Waals surface area contributed by atoms with Crippen LogP contribution in [0.4, 0.5) is 0 Å². The van der Waals surface area contributed by atoms with Crippen LogP contribution in [-0.4, -0.2) is 25.1 Å². The van der Waals surface area contributed by atoms with Crippen LogP contribution in [0.5, 0.6) is 0 Å². The van der Waals surface area contributed by atoms with Crippen LogP contribution in [0.1, 0.15) is 17.1 Å². The number of hydrogen-bond acceptors (Lipinski definition) is 5. The molecular weight excluding hydrogens is 184 g/mol. The largest absolute Gasteiger partial charge is 0.448 e. The fraction of sp³-hybridized carbons (Fsp3) is 0.375. The van der Waals surface area contributed by atoms with E-state index >= 15 is 0 Å². The van der Waals surface area contributed by atoms with Crippen molar-refractivity contribution < 1.29 is 9.52 Å². The van der Waals surface area contributed by atoms with E-state index in [1.165, 1.54) is 6.39 Å². The van der Waals surface area contributed by atoms with Crippen molar-refractivity contribution in [1.82, 2.24) is 20.0 Å². The molecule has 0 amide bonds. The Morgan fingerprint density at radius 2 is 2.43 bits per heavy atom. The number of hydrogen-bond donors (Lipinski definition) is 1. The third-order valence-corrected chi connectivity index (χ3v) is 1.90. The lowest BCUT2D eigenvalue weighted by atomic mass is 10.3. The van der Waals surface area contributed by atoms with Crippen LogP contribution in [0.25, 0.3) is 0 Å². The normalized spacial score (nSPS) is 10.7. The Morgan fingerprint density at radius 1 is 1.57 bits per heavy atom. The monoisotopic (exact) mass is 194 g/mol. The van der Waals surface area contributed by atoms with Gasteiger partial charge in [0, 0.05) is 0 Å². The van der Waals surface area contributed by atoms with Crippen LogP contribution in [0, 0.1) is 6.92 Å². The first kappa shape index (κ1) is 8.89. The van der Waals surface area contributed by atoms with Gasteiger partial charge in [-0.05, 0) is 6.92 Å². The molecule has 2 aromatic rings. The van der Waals surface area contributed by atoms with Gasteiger partial charge < -0.3 is 9.52 Å². The molecule has 0 unspecified atom stereocenters. The molecule has 0 spiro atoms. The van der Waals surface area contributed by atoms with Gasteiger partial charge in [0.25, 0.3) is 0 Å². The van der Waals surface area contributed by atoms with Crippen LogP contribution in [0.3, 0.4) is 0 Å². The molecular formula is C8H10N4O2. The van der Waals surface area contributed by atoms with Gasteiger partial charge in [0.15, 0.2) is 6.39 Å². The van der Waals surface area contributed by atoms with Crippen LogP contribution in [0.2, 0.25) is 0 Å². The maximum Gasteiger partial charge on any atom is 0.181 e. The number of aromatic nitrogens is 4. The fourth-order valence-electron chi connectivity index (χ4n) is 1.12. The van der Waals surface area contributed by atoms with Crippen LogP contribution in [-0.2, 0) is 13.2 Å². The molecule has 74 valence electrons. The summed E-state index contributed by atoms with van der Waals surface area (Å²) in [6.45, 7) is 2.25. The SMILES string of the molecule is Cc1ocnc1Cn1cc(CO)nn1. The lowest BCUT2D eigenvalue weighted by Gasteiger charge is -1.95. The number of aliphatic hydroxyl groups excluding tert-OH is 1. The molecule has 1 N–H and O–H groups in total. The summed E-state index contributed by atoms with van der Waals surface area (Å²) >= 11 is 0. The zero-order valence-corrected chi connectivity index (χ0v) is 7.71. The number of nitrogens with zero attached hydrogens (tertiary/aromatic N) is 4. The molecule has 2 rings (SSSR count). The molecule has 0 aromatic carbocycles. The second-order valence-corrected chi connectivity index (χ2v) is 2.92. The summed E-state index contributed by atoms with van der Waals surface area (Å²) in [5.41, 5.74) is 1.37. The average molecular weight is 194 g/mol. The molecule has 14 heavy (non-hydrogen) atoms. The van der Waals surface area contributed by atoms with Crippen molar-refractivity contribution in [3.8, 4) is 0 Å². The summed E-state index contributed by atoms with van der Waals surface area (Å²) in [5.74, 6) is 0.769. The molecule has 0 fully saturated rings. The van der Waals surface area contributed by atoms with Crippen LogP contribution >= 0.6 is 0 Å². The van der Waals surface area contributed by atoms with Crippen molar-refractivity contribution in [3.05, 3.63) is 29.7 Å². The van der Waals surface area contributed by atoms with E-state index in [1.54, 1.807) is 10.9 Å². The summed E-state index contributed by atoms with van der Waals surface area (Å²) in [5, 5.41) is 16.4. The zero-order chi connectivity index (χ0) is 9.97. The minimum Gasteiger partial charge on any atom is -0.448 e. The molecule has 2 aromatic heterocycles. The summed E-state index contributed by atoms with van der Waals surface area (Å²) in [6, 6.07) is 0. The Labute approximate surface area is 80.2 Å². The predicted molar refractivity (Wildman–Crippen MR) is 46.3 cm³/mol. The van der Waals surface area contributed by atoms with E-state index in [0.29, 0.717) is 12.2 Å². The first-order valence-electron chi connectivity index (χ1n) is 4.18. The van der Waals surface area contributed by atoms with Crippen LogP contribution in [0.15, 0.2) is 17.0 Å². The standard InChI is InChI=1S/C8H10N4O2/c1-6-8(9-5-14-6)3-12-2-7(4-13)10-11-12/h2,5,13H,3-4H2,1H3. The molecule has 6 nitrogen and oxygen atoms in total. The molecule has 2 heterocycles. The predicted octanol–water partition coefficient (Wildman–Crippen LogP) is 0.115. The quantitative estimate of drug-likeness (QED) is 0.750. The van der Waals surface area contributed by atoms with Gasteiger partial charge in [0.05, 0.1) is 19.3 Å². The third kappa shape index (κ3) is 1.64. The summed E-state index contributed by atoms with van der Waals surface area (Å²) in [4.78, 5) is 4.03. The Balaban J connectivity index is 2.15. The molecule has 0 saturated heterocycles. The van der Waals surface area contributed by atoms with Gasteiger partial charge in [0.2, 0.25) is 0 Å². The summed E-state index contributed by atoms with van der Waals surface area (Å²) < 4.78 is 6.66. The Bertz CT molecular complexity index is 420. The highest BCUT2D eigenvalue weighted by molar-refractivity contribution is 5.05. The van der Waals surface area contributed by atoms with Gasteiger partial charge in [-0.2, -0.15) is 0 Å². The van der Waals surface area contributed by atoms with Crippen molar-refractivity contribution in [2.45, 2.75) is 20.1 Å². The second kappa shape index (κ2) is 3.59. The summed E-state index contributed by atoms with van der Waals surface area (Å²) in [6.07, 6.45) is 3.07. The molecule has 0 radical (unpaired) electrons. The number of rotatable bonds is 3. The van der Waals surface area contributed by atoms with E-state index in [4.69, 9.17) is 9.52 Å². The maximum atomic E-state index is 8.78. The smallest absolute Gasteiger partial charge is 0.181 e. The van der Waals surface area contributed by atoms with E-state index in [2.05, 4.69) is 15.3 Å². The molecule has 0 saturated carbocycles. The van der Waals surface area contributed by atoms with E-state index < -0.39 is 0 Å². The first-order valence-corrected chi connectivity index (χ1v) is 4.18. The highest BCUT2D eigenvalue weighted by Gasteiger charge is 2.05. The minimum absolute atomic E-state index is 0.0994. The third-order valence-electron chi connectivity index (χ3n) is 1.90. The molecule has 0 aliphatic carbocycles. The van der Waals surface area contributed by atoms with Gasteiger partial charge in [0.1, 0.15) is 17.1 Å². The van der Waals surface area contributed by atoms with Crippen molar-refractivity contribution in [2.75, 3.05) is 0 Å².